The van der Waals surface area contributed by atoms with Crippen molar-refractivity contribution < 1.29 is 13.9 Å². The number of carbonyl (C=O) groups excluding carboxylic acids is 1. The molecule has 0 aliphatic carbocycles. The van der Waals surface area contributed by atoms with Gasteiger partial charge in [0, 0.05) is 32.0 Å². The van der Waals surface area contributed by atoms with Gasteiger partial charge in [0.05, 0.1) is 11.3 Å². The van der Waals surface area contributed by atoms with Crippen LogP contribution in [0.4, 0.5) is 15.8 Å². The van der Waals surface area contributed by atoms with Crippen molar-refractivity contribution in [1.82, 2.24) is 0 Å². The van der Waals surface area contributed by atoms with Crippen LogP contribution in [-0.4, -0.2) is 32.2 Å². The summed E-state index contributed by atoms with van der Waals surface area (Å²) >= 11 is 0. The smallest absolute Gasteiger partial charge is 0.250 e. The highest BCUT2D eigenvalue weighted by molar-refractivity contribution is 5.99. The topological polar surface area (TPSA) is 81.6 Å². The lowest BCUT2D eigenvalue weighted by atomic mass is 10.0. The lowest BCUT2D eigenvalue weighted by Crippen LogP contribution is -2.37. The minimum Gasteiger partial charge on any atom is -0.398 e. The van der Waals surface area contributed by atoms with Crippen molar-refractivity contribution in [2.24, 2.45) is 5.73 Å². The van der Waals surface area contributed by atoms with Gasteiger partial charge in [-0.3, -0.25) is 4.79 Å². The van der Waals surface area contributed by atoms with Gasteiger partial charge >= 0.3 is 0 Å². The van der Waals surface area contributed by atoms with Crippen molar-refractivity contribution in [2.45, 2.75) is 18.9 Å². The Labute approximate surface area is 111 Å². The molecule has 1 heterocycles. The molecule has 0 unspecified atom stereocenters. The highest BCUT2D eigenvalue weighted by Gasteiger charge is 2.22. The number of nitrogens with zero attached hydrogens (tertiary/aromatic N) is 1. The molecule has 4 N–H and O–H groups in total. The van der Waals surface area contributed by atoms with Gasteiger partial charge in [-0.05, 0) is 25.0 Å². The van der Waals surface area contributed by atoms with Gasteiger partial charge < -0.3 is 21.1 Å². The monoisotopic (exact) mass is 267 g/mol. The molecule has 5 nitrogen and oxygen atoms in total. The zero-order chi connectivity index (χ0) is 14.0. The van der Waals surface area contributed by atoms with E-state index in [1.165, 1.54) is 6.07 Å². The van der Waals surface area contributed by atoms with Crippen LogP contribution in [0, 0.1) is 5.82 Å². The maximum atomic E-state index is 14.0. The molecule has 6 heteroatoms. The zero-order valence-electron chi connectivity index (χ0n) is 10.9. The van der Waals surface area contributed by atoms with Crippen LogP contribution in [0.3, 0.4) is 0 Å². The summed E-state index contributed by atoms with van der Waals surface area (Å²) in [6.07, 6.45) is 1.65. The van der Waals surface area contributed by atoms with Crippen molar-refractivity contribution in [3.05, 3.63) is 23.5 Å². The minimum absolute atomic E-state index is 0.0640. The number of rotatable bonds is 3. The van der Waals surface area contributed by atoms with E-state index < -0.39 is 11.7 Å². The summed E-state index contributed by atoms with van der Waals surface area (Å²) in [4.78, 5) is 13.1. The molecule has 0 bridgehead atoms. The SMILES string of the molecule is CN(c1cc(C(N)=O)c(N)cc1F)C1CCOCC1. The van der Waals surface area contributed by atoms with E-state index in [-0.39, 0.29) is 17.3 Å². The highest BCUT2D eigenvalue weighted by Crippen LogP contribution is 2.28. The van der Waals surface area contributed by atoms with Gasteiger partial charge in [-0.25, -0.2) is 4.39 Å². The third-order valence-electron chi connectivity index (χ3n) is 3.50. The fraction of sp³-hybridized carbons (Fsp3) is 0.462. The molecular formula is C13H18FN3O2. The Kier molecular flexibility index (Phi) is 3.90. The van der Waals surface area contributed by atoms with Gasteiger partial charge in [0.25, 0.3) is 5.91 Å². The van der Waals surface area contributed by atoms with Crippen LogP contribution >= 0.6 is 0 Å². The molecule has 0 aromatic heterocycles. The van der Waals surface area contributed by atoms with Crippen molar-refractivity contribution in [3.63, 3.8) is 0 Å². The first-order valence-corrected chi connectivity index (χ1v) is 6.20. The van der Waals surface area contributed by atoms with Gasteiger partial charge in [0.15, 0.2) is 0 Å². The van der Waals surface area contributed by atoms with Crippen molar-refractivity contribution in [3.8, 4) is 0 Å². The first-order chi connectivity index (χ1) is 9.00. The van der Waals surface area contributed by atoms with E-state index in [1.807, 2.05) is 4.90 Å². The maximum absolute atomic E-state index is 14.0. The van der Waals surface area contributed by atoms with E-state index >= 15 is 0 Å². The quantitative estimate of drug-likeness (QED) is 0.804. The molecule has 0 saturated carbocycles. The number of primary amides is 1. The lowest BCUT2D eigenvalue weighted by molar-refractivity contribution is 0.0853. The third kappa shape index (κ3) is 2.78. The number of nitrogens with two attached hydrogens (primary N) is 2. The highest BCUT2D eigenvalue weighted by atomic mass is 19.1. The van der Waals surface area contributed by atoms with Crippen LogP contribution in [0.25, 0.3) is 0 Å². The average molecular weight is 267 g/mol. The minimum atomic E-state index is -0.654. The van der Waals surface area contributed by atoms with Crippen LogP contribution in [0.5, 0.6) is 0 Å². The lowest BCUT2D eigenvalue weighted by Gasteiger charge is -2.33. The standard InChI is InChI=1S/C13H18FN3O2/c1-17(8-2-4-19-5-3-8)12-6-9(13(16)18)11(15)7-10(12)14/h6-8H,2-5,15H2,1H3,(H2,16,18). The molecule has 1 aromatic carbocycles. The molecule has 19 heavy (non-hydrogen) atoms. The number of halogens is 1. The summed E-state index contributed by atoms with van der Waals surface area (Å²) in [6.45, 7) is 1.32. The van der Waals surface area contributed by atoms with E-state index in [2.05, 4.69) is 0 Å². The molecule has 1 aliphatic heterocycles. The molecule has 0 spiro atoms. The number of anilines is 2. The van der Waals surface area contributed by atoms with Gasteiger partial charge in [-0.2, -0.15) is 0 Å². The summed E-state index contributed by atoms with van der Waals surface area (Å²) in [5, 5.41) is 0. The van der Waals surface area contributed by atoms with Crippen molar-refractivity contribution in [1.29, 1.82) is 0 Å². The molecule has 1 saturated heterocycles. The number of benzene rings is 1. The fourth-order valence-electron chi connectivity index (χ4n) is 2.33. The number of ether oxygens (including phenoxy) is 1. The number of carbonyl (C=O) groups is 1. The summed E-state index contributed by atoms with van der Waals surface area (Å²) in [7, 11) is 1.80. The van der Waals surface area contributed by atoms with Crippen LogP contribution in [0.1, 0.15) is 23.2 Å². The Bertz CT molecular complexity index is 487. The number of amides is 1. The Morgan fingerprint density at radius 3 is 2.63 bits per heavy atom. The molecule has 0 atom stereocenters. The summed E-state index contributed by atoms with van der Waals surface area (Å²) in [6, 6.07) is 2.75. The molecule has 1 aromatic rings. The molecule has 1 fully saturated rings. The molecule has 0 radical (unpaired) electrons. The Hall–Kier alpha value is -1.82. The predicted octanol–water partition coefficient (Wildman–Crippen LogP) is 1.12. The maximum Gasteiger partial charge on any atom is 0.250 e. The van der Waals surface area contributed by atoms with Crippen LogP contribution < -0.4 is 16.4 Å². The Balaban J connectivity index is 2.32. The van der Waals surface area contributed by atoms with E-state index in [9.17, 15) is 9.18 Å². The largest absolute Gasteiger partial charge is 0.398 e. The molecule has 2 rings (SSSR count). The summed E-state index contributed by atoms with van der Waals surface area (Å²) < 4.78 is 19.3. The second-order valence-electron chi connectivity index (χ2n) is 4.71. The summed E-state index contributed by atoms with van der Waals surface area (Å²) in [5.74, 6) is -1.10. The van der Waals surface area contributed by atoms with Crippen LogP contribution in [-0.2, 0) is 4.74 Å². The molecule has 1 aliphatic rings. The molecule has 104 valence electrons. The second kappa shape index (κ2) is 5.44. The number of nitrogen functional groups attached to an aromatic ring is 1. The number of hydrogen-bond donors (Lipinski definition) is 2. The third-order valence-corrected chi connectivity index (χ3v) is 3.50. The van der Waals surface area contributed by atoms with E-state index in [1.54, 1.807) is 7.05 Å². The molecular weight excluding hydrogens is 249 g/mol. The van der Waals surface area contributed by atoms with Gasteiger partial charge in [0.1, 0.15) is 5.82 Å². The zero-order valence-corrected chi connectivity index (χ0v) is 10.9. The number of hydrogen-bond acceptors (Lipinski definition) is 4. The van der Waals surface area contributed by atoms with E-state index in [0.29, 0.717) is 18.9 Å². The van der Waals surface area contributed by atoms with Crippen molar-refractivity contribution >= 4 is 17.3 Å². The molecule has 1 amide bonds. The van der Waals surface area contributed by atoms with Gasteiger partial charge in [-0.1, -0.05) is 0 Å². The Morgan fingerprint density at radius 1 is 1.42 bits per heavy atom. The first-order valence-electron chi connectivity index (χ1n) is 6.20. The van der Waals surface area contributed by atoms with E-state index in [0.717, 1.165) is 18.9 Å². The normalized spacial score (nSPS) is 16.3. The Morgan fingerprint density at radius 2 is 2.05 bits per heavy atom. The summed E-state index contributed by atoms with van der Waals surface area (Å²) in [5.41, 5.74) is 11.4. The predicted molar refractivity (Wildman–Crippen MR) is 71.6 cm³/mol. The van der Waals surface area contributed by atoms with Crippen molar-refractivity contribution in [2.75, 3.05) is 30.9 Å². The van der Waals surface area contributed by atoms with Crippen LogP contribution in [0.15, 0.2) is 12.1 Å². The van der Waals surface area contributed by atoms with Gasteiger partial charge in [-0.15, -0.1) is 0 Å². The van der Waals surface area contributed by atoms with Crippen LogP contribution in [0.2, 0.25) is 0 Å². The first kappa shape index (κ1) is 13.6. The fourth-order valence-corrected chi connectivity index (χ4v) is 2.33. The van der Waals surface area contributed by atoms with Gasteiger partial charge in [0.2, 0.25) is 0 Å². The van der Waals surface area contributed by atoms with E-state index in [4.69, 9.17) is 16.2 Å². The average Bonchev–Trinajstić information content (AvgIpc) is 2.38. The second-order valence-corrected chi connectivity index (χ2v) is 4.71.